The summed E-state index contributed by atoms with van der Waals surface area (Å²) < 4.78 is 5.82. The van der Waals surface area contributed by atoms with Crippen LogP contribution in [0.2, 0.25) is 0 Å². The maximum absolute atomic E-state index is 11.5. The van der Waals surface area contributed by atoms with Crippen LogP contribution in [-0.2, 0) is 4.79 Å². The van der Waals surface area contributed by atoms with Crippen molar-refractivity contribution in [1.29, 1.82) is 5.26 Å². The normalized spacial score (nSPS) is 17.0. The zero-order valence-corrected chi connectivity index (χ0v) is 12.5. The van der Waals surface area contributed by atoms with E-state index in [1.165, 1.54) is 19.3 Å². The van der Waals surface area contributed by atoms with Gasteiger partial charge in [-0.3, -0.25) is 9.69 Å². The molecule has 0 amide bonds. The van der Waals surface area contributed by atoms with Crippen molar-refractivity contribution in [2.45, 2.75) is 38.6 Å². The Morgan fingerprint density at radius 2 is 1.95 bits per heavy atom. The molecule has 1 unspecified atom stereocenters. The number of carbonyl (C=O) groups excluding carboxylic acids is 1. The van der Waals surface area contributed by atoms with E-state index in [1.807, 2.05) is 0 Å². The van der Waals surface area contributed by atoms with E-state index >= 15 is 0 Å². The third kappa shape index (κ3) is 4.87. The van der Waals surface area contributed by atoms with E-state index in [2.05, 4.69) is 11.0 Å². The Hall–Kier alpha value is -1.86. The summed E-state index contributed by atoms with van der Waals surface area (Å²) in [5, 5.41) is 8.78. The van der Waals surface area contributed by atoms with Crippen LogP contribution >= 0.6 is 0 Å². The van der Waals surface area contributed by atoms with Crippen molar-refractivity contribution in [3.05, 3.63) is 29.8 Å². The molecule has 2 rings (SSSR count). The Balaban J connectivity index is 1.93. The molecule has 1 atom stereocenters. The number of piperidine rings is 1. The third-order valence-corrected chi connectivity index (χ3v) is 3.86. The lowest BCUT2D eigenvalue weighted by Gasteiger charge is -2.34. The average molecular weight is 286 g/mol. The van der Waals surface area contributed by atoms with Crippen LogP contribution < -0.4 is 4.74 Å². The van der Waals surface area contributed by atoms with Crippen LogP contribution in [0.5, 0.6) is 5.75 Å². The number of rotatable bonds is 6. The number of likely N-dealkylation sites (tertiary alicyclic amines) is 1. The largest absolute Gasteiger partial charge is 0.492 e. The SMILES string of the molecule is CC(=O)CC(COc1ccc(C#N)cc1)N1CCCCC1. The fourth-order valence-electron chi connectivity index (χ4n) is 2.73. The van der Waals surface area contributed by atoms with Gasteiger partial charge in [0.25, 0.3) is 0 Å². The van der Waals surface area contributed by atoms with Gasteiger partial charge in [-0.05, 0) is 57.1 Å². The maximum atomic E-state index is 11.5. The second-order valence-corrected chi connectivity index (χ2v) is 5.60. The molecule has 1 aromatic rings. The van der Waals surface area contributed by atoms with E-state index < -0.39 is 0 Å². The molecule has 0 aliphatic carbocycles. The van der Waals surface area contributed by atoms with Crippen LogP contribution in [0.1, 0.15) is 38.2 Å². The fourth-order valence-corrected chi connectivity index (χ4v) is 2.73. The van der Waals surface area contributed by atoms with Crippen LogP contribution in [-0.4, -0.2) is 36.4 Å². The molecule has 1 heterocycles. The number of Topliss-reactive ketones (excluding diaryl/α,β-unsaturated/α-hetero) is 1. The first-order chi connectivity index (χ1) is 10.2. The van der Waals surface area contributed by atoms with Gasteiger partial charge in [0.1, 0.15) is 18.1 Å². The van der Waals surface area contributed by atoms with Crippen LogP contribution in [0.15, 0.2) is 24.3 Å². The number of ketones is 1. The summed E-state index contributed by atoms with van der Waals surface area (Å²) in [6, 6.07) is 9.34. The number of benzene rings is 1. The molecule has 1 aromatic carbocycles. The molecule has 21 heavy (non-hydrogen) atoms. The summed E-state index contributed by atoms with van der Waals surface area (Å²) >= 11 is 0. The quantitative estimate of drug-likeness (QED) is 0.807. The minimum Gasteiger partial charge on any atom is -0.492 e. The van der Waals surface area contributed by atoms with Crippen LogP contribution in [0.3, 0.4) is 0 Å². The number of ether oxygens (including phenoxy) is 1. The summed E-state index contributed by atoms with van der Waals surface area (Å²) in [7, 11) is 0. The summed E-state index contributed by atoms with van der Waals surface area (Å²) in [5.74, 6) is 0.952. The first-order valence-electron chi connectivity index (χ1n) is 7.55. The molecule has 0 radical (unpaired) electrons. The second-order valence-electron chi connectivity index (χ2n) is 5.60. The Morgan fingerprint density at radius 3 is 2.52 bits per heavy atom. The average Bonchev–Trinajstić information content (AvgIpc) is 2.52. The van der Waals surface area contributed by atoms with Gasteiger partial charge in [-0.15, -0.1) is 0 Å². The van der Waals surface area contributed by atoms with Crippen molar-refractivity contribution < 1.29 is 9.53 Å². The summed E-state index contributed by atoms with van der Waals surface area (Å²) in [4.78, 5) is 13.8. The molecule has 1 fully saturated rings. The Bertz CT molecular complexity index is 499. The van der Waals surface area contributed by atoms with E-state index in [0.717, 1.165) is 18.8 Å². The van der Waals surface area contributed by atoms with Gasteiger partial charge in [-0.2, -0.15) is 5.26 Å². The molecule has 0 spiro atoms. The molecular formula is C17H22N2O2. The number of hydrogen-bond acceptors (Lipinski definition) is 4. The van der Waals surface area contributed by atoms with E-state index in [0.29, 0.717) is 18.6 Å². The van der Waals surface area contributed by atoms with Crippen LogP contribution in [0, 0.1) is 11.3 Å². The molecule has 0 bridgehead atoms. The van der Waals surface area contributed by atoms with Gasteiger partial charge < -0.3 is 4.74 Å². The van der Waals surface area contributed by atoms with Crippen LogP contribution in [0.4, 0.5) is 0 Å². The topological polar surface area (TPSA) is 53.3 Å². The highest BCUT2D eigenvalue weighted by molar-refractivity contribution is 5.76. The van der Waals surface area contributed by atoms with E-state index in [4.69, 9.17) is 10.00 Å². The number of carbonyl (C=O) groups is 1. The monoisotopic (exact) mass is 286 g/mol. The fraction of sp³-hybridized carbons (Fsp3) is 0.529. The Morgan fingerprint density at radius 1 is 1.29 bits per heavy atom. The van der Waals surface area contributed by atoms with E-state index in [1.54, 1.807) is 31.2 Å². The molecule has 1 aliphatic heterocycles. The molecule has 112 valence electrons. The van der Waals surface area contributed by atoms with Gasteiger partial charge in [0.05, 0.1) is 17.7 Å². The lowest BCUT2D eigenvalue weighted by molar-refractivity contribution is -0.118. The van der Waals surface area contributed by atoms with E-state index in [9.17, 15) is 4.79 Å². The smallest absolute Gasteiger partial charge is 0.131 e. The molecular weight excluding hydrogens is 264 g/mol. The zero-order valence-electron chi connectivity index (χ0n) is 12.5. The molecule has 1 saturated heterocycles. The van der Waals surface area contributed by atoms with E-state index in [-0.39, 0.29) is 11.8 Å². The predicted molar refractivity (Wildman–Crippen MR) is 81.2 cm³/mol. The van der Waals surface area contributed by atoms with Crippen molar-refractivity contribution in [1.82, 2.24) is 4.90 Å². The molecule has 4 heteroatoms. The zero-order chi connectivity index (χ0) is 15.1. The van der Waals surface area contributed by atoms with Gasteiger partial charge in [0, 0.05) is 6.42 Å². The summed E-state index contributed by atoms with van der Waals surface area (Å²) in [6.45, 7) is 4.26. The highest BCUT2D eigenvalue weighted by Gasteiger charge is 2.22. The molecule has 0 saturated carbocycles. The van der Waals surface area contributed by atoms with Gasteiger partial charge >= 0.3 is 0 Å². The second kappa shape index (κ2) is 7.80. The molecule has 1 aliphatic rings. The Labute approximate surface area is 126 Å². The van der Waals surface area contributed by atoms with Gasteiger partial charge in [-0.25, -0.2) is 0 Å². The number of hydrogen-bond donors (Lipinski definition) is 0. The molecule has 0 aromatic heterocycles. The molecule has 0 N–H and O–H groups in total. The third-order valence-electron chi connectivity index (χ3n) is 3.86. The van der Waals surface area contributed by atoms with Crippen molar-refractivity contribution >= 4 is 5.78 Å². The van der Waals surface area contributed by atoms with Crippen molar-refractivity contribution in [2.75, 3.05) is 19.7 Å². The van der Waals surface area contributed by atoms with Crippen molar-refractivity contribution in [2.24, 2.45) is 0 Å². The highest BCUT2D eigenvalue weighted by Crippen LogP contribution is 2.17. The van der Waals surface area contributed by atoms with Gasteiger partial charge in [0.2, 0.25) is 0 Å². The van der Waals surface area contributed by atoms with Crippen LogP contribution in [0.25, 0.3) is 0 Å². The Kier molecular flexibility index (Phi) is 5.77. The maximum Gasteiger partial charge on any atom is 0.131 e. The van der Waals surface area contributed by atoms with Gasteiger partial charge in [-0.1, -0.05) is 6.42 Å². The standard InChI is InChI=1S/C17H22N2O2/c1-14(20)11-16(19-9-3-2-4-10-19)13-21-17-7-5-15(12-18)6-8-17/h5-8,16H,2-4,9-11,13H2,1H3. The lowest BCUT2D eigenvalue weighted by Crippen LogP contribution is -2.43. The number of nitriles is 1. The first kappa shape index (κ1) is 15.5. The summed E-state index contributed by atoms with van der Waals surface area (Å²) in [6.07, 6.45) is 4.21. The lowest BCUT2D eigenvalue weighted by atomic mass is 10.1. The predicted octanol–water partition coefficient (Wildman–Crippen LogP) is 2.77. The van der Waals surface area contributed by atoms with Crippen molar-refractivity contribution in [3.8, 4) is 11.8 Å². The molecule has 4 nitrogen and oxygen atoms in total. The minimum atomic E-state index is 0.151. The summed E-state index contributed by atoms with van der Waals surface area (Å²) in [5.41, 5.74) is 0.624. The first-order valence-corrected chi connectivity index (χ1v) is 7.55. The van der Waals surface area contributed by atoms with Crippen molar-refractivity contribution in [3.63, 3.8) is 0 Å². The minimum absolute atomic E-state index is 0.151. The number of nitrogens with zero attached hydrogens (tertiary/aromatic N) is 2. The highest BCUT2D eigenvalue weighted by atomic mass is 16.5. The van der Waals surface area contributed by atoms with Gasteiger partial charge in [0.15, 0.2) is 0 Å².